The molecule has 0 bridgehead atoms. The maximum absolute atomic E-state index is 9.69. The summed E-state index contributed by atoms with van der Waals surface area (Å²) in [4.78, 5) is 3.71. The van der Waals surface area contributed by atoms with Crippen molar-refractivity contribution in [2.75, 3.05) is 6.61 Å². The number of ether oxygens (including phenoxy) is 1. The first-order chi connectivity index (χ1) is 8.04. The van der Waals surface area contributed by atoms with Gasteiger partial charge in [-0.15, -0.1) is 5.10 Å². The van der Waals surface area contributed by atoms with Crippen molar-refractivity contribution in [2.45, 2.75) is 45.6 Å². The van der Waals surface area contributed by atoms with Crippen LogP contribution in [-0.4, -0.2) is 60.1 Å². The van der Waals surface area contributed by atoms with Crippen LogP contribution in [0.1, 0.15) is 33.1 Å². The van der Waals surface area contributed by atoms with Crippen molar-refractivity contribution in [1.82, 2.24) is 14.8 Å². The fraction of sp³-hybridized carbons (Fsp3) is 0.800. The van der Waals surface area contributed by atoms with Crippen LogP contribution in [0.3, 0.4) is 0 Å². The zero-order valence-electron chi connectivity index (χ0n) is 8.79. The molecule has 0 aromatic carbocycles. The van der Waals surface area contributed by atoms with Crippen LogP contribution in [-0.2, 0) is 4.74 Å². The summed E-state index contributed by atoms with van der Waals surface area (Å²) in [6, 6.07) is 0. The average molecular weight is 278 g/mol. The standard InChI is InChI=1S/C8H14N4O5.2CH4/c9-6(16)7-10-2-12(11-7)8-5(15)4(14)3(1-13)17-8;;/h2-6,8,13-16H,1,9H2;2*1H4/t3-,4-,5-,6?,8-;;/m0../s1. The summed E-state index contributed by atoms with van der Waals surface area (Å²) in [5, 5.41) is 41.0. The number of nitrogens with zero attached hydrogens (tertiary/aromatic N) is 3. The first-order valence-corrected chi connectivity index (χ1v) is 5.01. The Labute approximate surface area is 111 Å². The lowest BCUT2D eigenvalue weighted by molar-refractivity contribution is -0.0591. The largest absolute Gasteiger partial charge is 0.394 e. The van der Waals surface area contributed by atoms with E-state index in [0.29, 0.717) is 0 Å². The van der Waals surface area contributed by atoms with E-state index in [4.69, 9.17) is 20.7 Å². The maximum Gasteiger partial charge on any atom is 0.194 e. The third-order valence-electron chi connectivity index (χ3n) is 2.57. The highest BCUT2D eigenvalue weighted by Gasteiger charge is 2.43. The molecule has 1 aromatic heterocycles. The number of aromatic nitrogens is 3. The zero-order valence-corrected chi connectivity index (χ0v) is 8.79. The van der Waals surface area contributed by atoms with Gasteiger partial charge in [0.1, 0.15) is 24.6 Å². The Hall–Kier alpha value is -1.10. The molecule has 1 unspecified atom stereocenters. The second kappa shape index (κ2) is 6.89. The van der Waals surface area contributed by atoms with Crippen LogP contribution in [0.5, 0.6) is 0 Å². The predicted molar refractivity (Wildman–Crippen MR) is 65.6 cm³/mol. The molecule has 5 atom stereocenters. The molecule has 9 nitrogen and oxygen atoms in total. The Morgan fingerprint density at radius 3 is 2.42 bits per heavy atom. The normalized spacial score (nSPS) is 31.4. The van der Waals surface area contributed by atoms with Crippen molar-refractivity contribution in [1.29, 1.82) is 0 Å². The molecule has 1 aromatic rings. The van der Waals surface area contributed by atoms with Crippen molar-refractivity contribution in [3.8, 4) is 0 Å². The van der Waals surface area contributed by atoms with Crippen LogP contribution in [0.25, 0.3) is 0 Å². The predicted octanol–water partition coefficient (Wildman–Crippen LogP) is -1.89. The van der Waals surface area contributed by atoms with E-state index in [1.165, 1.54) is 6.33 Å². The van der Waals surface area contributed by atoms with Gasteiger partial charge in [0.2, 0.25) is 0 Å². The van der Waals surface area contributed by atoms with Crippen molar-refractivity contribution in [3.63, 3.8) is 0 Å². The van der Waals surface area contributed by atoms with Gasteiger partial charge in [0.15, 0.2) is 18.3 Å². The number of hydrogen-bond donors (Lipinski definition) is 5. The molecule has 112 valence electrons. The van der Waals surface area contributed by atoms with Gasteiger partial charge >= 0.3 is 0 Å². The Kier molecular flexibility index (Phi) is 6.49. The lowest BCUT2D eigenvalue weighted by Crippen LogP contribution is -2.33. The second-order valence-corrected chi connectivity index (χ2v) is 3.76. The van der Waals surface area contributed by atoms with Crippen LogP contribution < -0.4 is 5.73 Å². The minimum absolute atomic E-state index is 0. The summed E-state index contributed by atoms with van der Waals surface area (Å²) in [7, 11) is 0. The topological polar surface area (TPSA) is 147 Å². The van der Waals surface area contributed by atoms with Crippen molar-refractivity contribution in [2.24, 2.45) is 5.73 Å². The SMILES string of the molecule is C.C.NC(O)c1ncn([C@H]2O[C@@H](CO)[C@H](O)[C@@H]2O)n1. The molecule has 1 fully saturated rings. The molecule has 0 amide bonds. The Balaban J connectivity index is 0.00000162. The molecule has 1 saturated heterocycles. The Bertz CT molecular complexity index is 386. The molecule has 9 heteroatoms. The maximum atomic E-state index is 9.69. The van der Waals surface area contributed by atoms with Gasteiger partial charge in [-0.3, -0.25) is 5.73 Å². The van der Waals surface area contributed by atoms with E-state index < -0.39 is 37.4 Å². The van der Waals surface area contributed by atoms with Gasteiger partial charge in [-0.25, -0.2) is 9.67 Å². The van der Waals surface area contributed by atoms with Crippen LogP contribution in [0.4, 0.5) is 0 Å². The van der Waals surface area contributed by atoms with Gasteiger partial charge in [-0.05, 0) is 0 Å². The first kappa shape index (κ1) is 17.9. The molecule has 0 aliphatic carbocycles. The van der Waals surface area contributed by atoms with Crippen LogP contribution >= 0.6 is 0 Å². The third-order valence-corrected chi connectivity index (χ3v) is 2.57. The second-order valence-electron chi connectivity index (χ2n) is 3.76. The zero-order chi connectivity index (χ0) is 12.6. The highest BCUT2D eigenvalue weighted by molar-refractivity contribution is 4.91. The van der Waals surface area contributed by atoms with Gasteiger partial charge in [0.05, 0.1) is 6.61 Å². The lowest BCUT2D eigenvalue weighted by Gasteiger charge is -2.13. The van der Waals surface area contributed by atoms with Crippen LogP contribution in [0, 0.1) is 0 Å². The molecule has 1 aliphatic rings. The monoisotopic (exact) mass is 278 g/mol. The Morgan fingerprint density at radius 2 is 2.00 bits per heavy atom. The summed E-state index contributed by atoms with van der Waals surface area (Å²) < 4.78 is 6.34. The van der Waals surface area contributed by atoms with Crippen LogP contribution in [0.2, 0.25) is 0 Å². The lowest BCUT2D eigenvalue weighted by atomic mass is 10.1. The number of aliphatic hydroxyl groups excluding tert-OH is 4. The van der Waals surface area contributed by atoms with Crippen molar-refractivity contribution in [3.05, 3.63) is 12.2 Å². The van der Waals surface area contributed by atoms with E-state index in [-0.39, 0.29) is 20.7 Å². The number of rotatable bonds is 3. The highest BCUT2D eigenvalue weighted by Crippen LogP contribution is 2.28. The van der Waals surface area contributed by atoms with E-state index in [9.17, 15) is 10.2 Å². The van der Waals surface area contributed by atoms with E-state index in [2.05, 4.69) is 10.1 Å². The molecule has 2 heterocycles. The Morgan fingerprint density at radius 1 is 1.37 bits per heavy atom. The summed E-state index contributed by atoms with van der Waals surface area (Å²) >= 11 is 0. The molecule has 6 N–H and O–H groups in total. The molecule has 1 aliphatic heterocycles. The third kappa shape index (κ3) is 3.26. The van der Waals surface area contributed by atoms with Gasteiger partial charge < -0.3 is 25.2 Å². The minimum atomic E-state index is -1.33. The summed E-state index contributed by atoms with van der Waals surface area (Å²) in [5.41, 5.74) is 5.17. The summed E-state index contributed by atoms with van der Waals surface area (Å²) in [6.45, 7) is -0.421. The number of nitrogens with two attached hydrogens (primary N) is 1. The number of hydrogen-bond acceptors (Lipinski definition) is 8. The van der Waals surface area contributed by atoms with Gasteiger partial charge in [-0.2, -0.15) is 0 Å². The van der Waals surface area contributed by atoms with Crippen molar-refractivity contribution >= 4 is 0 Å². The van der Waals surface area contributed by atoms with E-state index in [1.807, 2.05) is 0 Å². The van der Waals surface area contributed by atoms with E-state index in [1.54, 1.807) is 0 Å². The van der Waals surface area contributed by atoms with Crippen LogP contribution in [0.15, 0.2) is 6.33 Å². The molecule has 0 spiro atoms. The smallest absolute Gasteiger partial charge is 0.194 e. The molecule has 0 radical (unpaired) electrons. The molecule has 0 saturated carbocycles. The summed E-state index contributed by atoms with van der Waals surface area (Å²) in [6.07, 6.45) is -4.41. The fourth-order valence-electron chi connectivity index (χ4n) is 1.64. The minimum Gasteiger partial charge on any atom is -0.394 e. The van der Waals surface area contributed by atoms with Crippen molar-refractivity contribution < 1.29 is 25.2 Å². The fourth-order valence-corrected chi connectivity index (χ4v) is 1.64. The average Bonchev–Trinajstić information content (AvgIpc) is 2.87. The molecular formula is C10H22N4O5. The van der Waals surface area contributed by atoms with Gasteiger partial charge in [-0.1, -0.05) is 14.9 Å². The highest BCUT2D eigenvalue weighted by atomic mass is 16.6. The summed E-state index contributed by atoms with van der Waals surface area (Å²) in [5.74, 6) is -0.0252. The van der Waals surface area contributed by atoms with E-state index in [0.717, 1.165) is 4.68 Å². The quantitative estimate of drug-likeness (QED) is 0.403. The molecular weight excluding hydrogens is 256 g/mol. The van der Waals surface area contributed by atoms with Gasteiger partial charge in [0.25, 0.3) is 0 Å². The van der Waals surface area contributed by atoms with E-state index >= 15 is 0 Å². The first-order valence-electron chi connectivity index (χ1n) is 5.01. The molecule has 19 heavy (non-hydrogen) atoms. The molecule has 2 rings (SSSR count). The van der Waals surface area contributed by atoms with Gasteiger partial charge in [0, 0.05) is 0 Å². The number of aliphatic hydroxyl groups is 4.